The highest BCUT2D eigenvalue weighted by Gasteiger charge is 2.42. The third kappa shape index (κ3) is 9.45. The number of hydrogen-bond acceptors (Lipinski definition) is 6. The summed E-state index contributed by atoms with van der Waals surface area (Å²) in [5.74, 6) is -1.73. The number of carbonyl (C=O) groups excluding carboxylic acids is 4. The van der Waals surface area contributed by atoms with Gasteiger partial charge in [0.25, 0.3) is 0 Å². The summed E-state index contributed by atoms with van der Waals surface area (Å²) in [6.07, 6.45) is 2.03. The zero-order valence-corrected chi connectivity index (χ0v) is 37.0. The molecule has 1 heterocycles. The van der Waals surface area contributed by atoms with Gasteiger partial charge in [0.1, 0.15) is 11.6 Å². The van der Waals surface area contributed by atoms with Gasteiger partial charge in [-0.3, -0.25) is 29.0 Å². The van der Waals surface area contributed by atoms with Crippen molar-refractivity contribution in [3.63, 3.8) is 0 Å². The topological polar surface area (TPSA) is 81.2 Å². The Morgan fingerprint density at radius 1 is 0.567 bits per heavy atom. The Kier molecular flexibility index (Phi) is 14.7. The number of likely N-dealkylation sites (N-methyl/N-ethyl adjacent to an activating group) is 2. The second-order valence-electron chi connectivity index (χ2n) is 17.2. The fourth-order valence-corrected chi connectivity index (χ4v) is 8.87. The first-order valence-electron chi connectivity index (χ1n) is 21.1. The van der Waals surface area contributed by atoms with Gasteiger partial charge in [-0.15, -0.1) is 0 Å². The van der Waals surface area contributed by atoms with E-state index in [-0.39, 0.29) is 47.1 Å². The van der Waals surface area contributed by atoms with Gasteiger partial charge in [-0.05, 0) is 152 Å². The van der Waals surface area contributed by atoms with E-state index < -0.39 is 22.9 Å². The molecule has 1 saturated heterocycles. The Balaban J connectivity index is 1.22. The van der Waals surface area contributed by atoms with E-state index in [1.807, 2.05) is 138 Å². The van der Waals surface area contributed by atoms with Gasteiger partial charge in [0, 0.05) is 36.3 Å². The summed E-state index contributed by atoms with van der Waals surface area (Å²) < 4.78 is 27.3. The molecule has 0 radical (unpaired) electrons. The number of halogens is 2. The Morgan fingerprint density at radius 3 is 1.13 bits per heavy atom. The van der Waals surface area contributed by atoms with Crippen LogP contribution in [0.5, 0.6) is 0 Å². The number of hydrogen-bond donors (Lipinski definition) is 0. The normalized spacial score (nSPS) is 18.8. The lowest BCUT2D eigenvalue weighted by Crippen LogP contribution is -2.60. The largest absolute Gasteiger partial charge is 0.336 e. The van der Waals surface area contributed by atoms with Crippen LogP contribution in [0.25, 0.3) is 0 Å². The minimum atomic E-state index is -0.827. The molecule has 320 valence electrons. The molecule has 0 spiro atoms. The van der Waals surface area contributed by atoms with Crippen molar-refractivity contribution in [3.05, 3.63) is 142 Å². The average Bonchev–Trinajstić information content (AvgIpc) is 3.24. The lowest BCUT2D eigenvalue weighted by molar-refractivity contribution is -0.147. The van der Waals surface area contributed by atoms with Gasteiger partial charge in [0.2, 0.25) is 11.8 Å². The molecule has 5 rings (SSSR count). The van der Waals surface area contributed by atoms with Gasteiger partial charge >= 0.3 is 0 Å². The fraction of sp³-hybridized carbons (Fsp3) is 0.440. The molecule has 60 heavy (non-hydrogen) atoms. The summed E-state index contributed by atoms with van der Waals surface area (Å²) in [5, 5.41) is 0. The molecule has 1 fully saturated rings. The number of nitrogens with zero attached hydrogens (tertiary/aromatic N) is 4. The van der Waals surface area contributed by atoms with Gasteiger partial charge in [-0.1, -0.05) is 62.4 Å². The summed E-state index contributed by atoms with van der Waals surface area (Å²) in [5.41, 5.74) is 2.94. The predicted molar refractivity (Wildman–Crippen MR) is 234 cm³/mol. The number of ketones is 2. The second kappa shape index (κ2) is 19.1. The van der Waals surface area contributed by atoms with Crippen LogP contribution >= 0.6 is 0 Å². The van der Waals surface area contributed by atoms with Crippen LogP contribution in [0.4, 0.5) is 8.78 Å². The Labute approximate surface area is 355 Å². The Morgan fingerprint density at radius 2 is 0.867 bits per heavy atom. The van der Waals surface area contributed by atoms with Crippen molar-refractivity contribution in [2.75, 3.05) is 41.3 Å². The maximum absolute atomic E-state index is 14.0. The molecule has 2 amide bonds. The van der Waals surface area contributed by atoms with Crippen molar-refractivity contribution in [2.45, 2.75) is 102 Å². The molecule has 10 heteroatoms. The molecular formula is C50H62F2N4O4. The fourth-order valence-electron chi connectivity index (χ4n) is 8.87. The Hall–Kier alpha value is -5.06. The van der Waals surface area contributed by atoms with Crippen LogP contribution in [0, 0.1) is 11.6 Å². The maximum Gasteiger partial charge on any atom is 0.230 e. The van der Waals surface area contributed by atoms with Crippen molar-refractivity contribution in [1.82, 2.24) is 19.6 Å². The van der Waals surface area contributed by atoms with Crippen LogP contribution < -0.4 is 0 Å². The first-order chi connectivity index (χ1) is 28.4. The monoisotopic (exact) mass is 820 g/mol. The second-order valence-corrected chi connectivity index (χ2v) is 17.2. The predicted octanol–water partition coefficient (Wildman–Crippen LogP) is 8.59. The molecule has 4 aromatic rings. The molecule has 4 aromatic carbocycles. The van der Waals surface area contributed by atoms with Gasteiger partial charge in [-0.2, -0.15) is 0 Å². The highest BCUT2D eigenvalue weighted by atomic mass is 19.1. The maximum atomic E-state index is 14.0. The molecule has 1 aliphatic heterocycles. The average molecular weight is 821 g/mol. The smallest absolute Gasteiger partial charge is 0.230 e. The number of carbonyl (C=O) groups is 4. The van der Waals surface area contributed by atoms with E-state index in [4.69, 9.17) is 0 Å². The summed E-state index contributed by atoms with van der Waals surface area (Å²) in [7, 11) is 7.56. The summed E-state index contributed by atoms with van der Waals surface area (Å²) >= 11 is 0. The Bertz CT molecular complexity index is 1970. The van der Waals surface area contributed by atoms with E-state index in [1.165, 1.54) is 48.5 Å². The van der Waals surface area contributed by atoms with Crippen LogP contribution in [-0.4, -0.2) is 107 Å². The molecule has 0 N–H and O–H groups in total. The minimum Gasteiger partial charge on any atom is -0.336 e. The minimum absolute atomic E-state index is 0.000640. The first kappa shape index (κ1) is 46.0. The zero-order chi connectivity index (χ0) is 44.1. The van der Waals surface area contributed by atoms with Gasteiger partial charge in [0.15, 0.2) is 11.6 Å². The van der Waals surface area contributed by atoms with E-state index in [2.05, 4.69) is 0 Å². The van der Waals surface area contributed by atoms with Crippen molar-refractivity contribution < 1.29 is 28.0 Å². The SMILES string of the molecule is CCC(Cc1ccc(C(C)C(=O)N2CC(C)N(C(=O)C(C)c3ccc(CC(CC)(C(=O)c4ccc(F)cc4)N(C)C)cc3)CC2C)cc1)(C(=O)c1ccc(F)cc1)N(C)C. The summed E-state index contributed by atoms with van der Waals surface area (Å²) in [4.78, 5) is 63.4. The molecule has 6 atom stereocenters. The third-order valence-electron chi connectivity index (χ3n) is 13.2. The zero-order valence-electron chi connectivity index (χ0n) is 37.0. The molecule has 6 unspecified atom stereocenters. The van der Waals surface area contributed by atoms with Crippen LogP contribution in [0.3, 0.4) is 0 Å². The quantitative estimate of drug-likeness (QED) is 0.105. The number of rotatable bonds is 16. The first-order valence-corrected chi connectivity index (χ1v) is 21.1. The van der Waals surface area contributed by atoms with E-state index >= 15 is 0 Å². The number of amides is 2. The van der Waals surface area contributed by atoms with E-state index in [0.717, 1.165) is 22.3 Å². The van der Waals surface area contributed by atoms with Crippen molar-refractivity contribution >= 4 is 23.4 Å². The number of benzene rings is 4. The molecule has 0 aliphatic carbocycles. The molecule has 8 nitrogen and oxygen atoms in total. The molecular weight excluding hydrogens is 759 g/mol. The molecule has 0 saturated carbocycles. The van der Waals surface area contributed by atoms with Gasteiger partial charge in [-0.25, -0.2) is 8.78 Å². The summed E-state index contributed by atoms with van der Waals surface area (Å²) in [6.45, 7) is 12.6. The van der Waals surface area contributed by atoms with Crippen LogP contribution in [0.2, 0.25) is 0 Å². The molecule has 0 bridgehead atoms. The molecule has 1 aliphatic rings. The number of Topliss-reactive ketones (excluding diaryl/α,β-unsaturated/α-hetero) is 2. The van der Waals surface area contributed by atoms with Crippen molar-refractivity contribution in [2.24, 2.45) is 0 Å². The van der Waals surface area contributed by atoms with Crippen LogP contribution in [0.1, 0.15) is 109 Å². The van der Waals surface area contributed by atoms with Crippen LogP contribution in [0.15, 0.2) is 97.1 Å². The lowest BCUT2D eigenvalue weighted by atomic mass is 9.80. The van der Waals surface area contributed by atoms with Crippen molar-refractivity contribution in [3.8, 4) is 0 Å². The van der Waals surface area contributed by atoms with E-state index in [1.54, 1.807) is 0 Å². The standard InChI is InChI=1S/C50H62F2N4O4/c1-11-49(53(7)8,45(57)41-21-25-43(51)26-22-41)29-37-13-17-39(18-14-37)35(5)47(59)55-31-34(4)56(32-33(55)3)48(60)36(6)40-19-15-38(16-20-40)30-50(12-2,54(9)10)46(58)42-23-27-44(52)28-24-42/h13-28,33-36H,11-12,29-32H2,1-10H3. The third-order valence-corrected chi connectivity index (χ3v) is 13.2. The van der Waals surface area contributed by atoms with E-state index in [9.17, 15) is 28.0 Å². The van der Waals surface area contributed by atoms with Crippen LogP contribution in [-0.2, 0) is 22.4 Å². The van der Waals surface area contributed by atoms with Gasteiger partial charge in [0.05, 0.1) is 22.9 Å². The molecule has 0 aromatic heterocycles. The number of piperazine rings is 1. The summed E-state index contributed by atoms with van der Waals surface area (Å²) in [6, 6.07) is 26.8. The lowest BCUT2D eigenvalue weighted by Gasteiger charge is -2.45. The highest BCUT2D eigenvalue weighted by molar-refractivity contribution is 6.04. The van der Waals surface area contributed by atoms with Gasteiger partial charge < -0.3 is 9.80 Å². The van der Waals surface area contributed by atoms with E-state index in [0.29, 0.717) is 49.9 Å². The van der Waals surface area contributed by atoms with Crippen molar-refractivity contribution in [1.29, 1.82) is 0 Å². The highest BCUT2D eigenvalue weighted by Crippen LogP contribution is 2.32.